The lowest BCUT2D eigenvalue weighted by Gasteiger charge is -2.27. The summed E-state index contributed by atoms with van der Waals surface area (Å²) in [6, 6.07) is 18.0. The number of hydrogen-bond acceptors (Lipinski definition) is 4. The van der Waals surface area contributed by atoms with Crippen LogP contribution in [0.3, 0.4) is 0 Å². The molecule has 0 unspecified atom stereocenters. The lowest BCUT2D eigenvalue weighted by Crippen LogP contribution is -2.37. The fourth-order valence-electron chi connectivity index (χ4n) is 3.63. The number of halogens is 1. The molecule has 2 aliphatic rings. The van der Waals surface area contributed by atoms with Crippen LogP contribution < -0.4 is 10.6 Å². The number of nitrogens with zero attached hydrogens (tertiary/aromatic N) is 1. The van der Waals surface area contributed by atoms with Gasteiger partial charge in [-0.15, -0.1) is 6.58 Å². The Bertz CT molecular complexity index is 960. The van der Waals surface area contributed by atoms with Crippen molar-refractivity contribution in [3.8, 4) is 0 Å². The van der Waals surface area contributed by atoms with Crippen LogP contribution in [-0.4, -0.2) is 44.7 Å². The van der Waals surface area contributed by atoms with Gasteiger partial charge in [0.15, 0.2) is 0 Å². The van der Waals surface area contributed by atoms with Crippen LogP contribution in [0.5, 0.6) is 0 Å². The standard InChI is InChI=1S/C18H25N3O2S.C6H5Cl/c1-2-13-24(22,23)21-11-7-16(8-12-21)14-15-3-5-17(6-4-15)18-19-9-10-20-18;7-6-4-2-1-3-5-6/h2-6,14,18-20H,1,7-13H2;1-5H. The highest BCUT2D eigenvalue weighted by atomic mass is 35.5. The van der Waals surface area contributed by atoms with Crippen molar-refractivity contribution in [1.82, 2.24) is 14.9 Å². The van der Waals surface area contributed by atoms with Crippen LogP contribution in [-0.2, 0) is 10.0 Å². The smallest absolute Gasteiger partial charge is 0.217 e. The minimum atomic E-state index is -3.17. The molecule has 2 heterocycles. The first-order chi connectivity index (χ1) is 15.0. The third-order valence-electron chi connectivity index (χ3n) is 5.28. The number of nitrogens with one attached hydrogen (secondary N) is 2. The number of hydrogen-bond donors (Lipinski definition) is 2. The van der Waals surface area contributed by atoms with E-state index in [1.165, 1.54) is 22.8 Å². The monoisotopic (exact) mass is 459 g/mol. The van der Waals surface area contributed by atoms with E-state index < -0.39 is 10.0 Å². The van der Waals surface area contributed by atoms with Crippen LogP contribution in [0.25, 0.3) is 6.08 Å². The Labute approximate surface area is 190 Å². The zero-order valence-corrected chi connectivity index (χ0v) is 19.2. The number of benzene rings is 2. The summed E-state index contributed by atoms with van der Waals surface area (Å²) in [7, 11) is -3.17. The molecule has 2 saturated heterocycles. The number of sulfonamides is 1. The number of rotatable bonds is 5. The second-order valence-corrected chi connectivity index (χ2v) is 10.0. The van der Waals surface area contributed by atoms with Crippen molar-refractivity contribution in [2.75, 3.05) is 31.9 Å². The predicted octanol–water partition coefficient (Wildman–Crippen LogP) is 4.21. The van der Waals surface area contributed by atoms with Crippen molar-refractivity contribution in [3.63, 3.8) is 0 Å². The van der Waals surface area contributed by atoms with Crippen LogP contribution in [0.15, 0.2) is 72.8 Å². The first-order valence-corrected chi connectivity index (χ1v) is 12.5. The molecule has 0 radical (unpaired) electrons. The highest BCUT2D eigenvalue weighted by molar-refractivity contribution is 7.89. The van der Waals surface area contributed by atoms with Gasteiger partial charge in [-0.1, -0.05) is 71.8 Å². The SMILES string of the molecule is C=CCS(=O)(=O)N1CCC(=Cc2ccc(C3NCCN3)cc2)CC1.Clc1ccccc1. The molecule has 2 fully saturated rings. The van der Waals surface area contributed by atoms with Crippen molar-refractivity contribution >= 4 is 27.7 Å². The Morgan fingerprint density at radius 3 is 2.13 bits per heavy atom. The fraction of sp³-hybridized carbons (Fsp3) is 0.333. The molecular weight excluding hydrogens is 430 g/mol. The highest BCUT2D eigenvalue weighted by Crippen LogP contribution is 2.22. The topological polar surface area (TPSA) is 61.4 Å². The van der Waals surface area contributed by atoms with Crippen LogP contribution >= 0.6 is 11.6 Å². The maximum atomic E-state index is 12.0. The molecule has 2 aromatic rings. The van der Waals surface area contributed by atoms with Crippen molar-refractivity contribution in [2.24, 2.45) is 0 Å². The van der Waals surface area contributed by atoms with E-state index in [0.717, 1.165) is 31.0 Å². The molecule has 7 heteroatoms. The van der Waals surface area contributed by atoms with Gasteiger partial charge in [0.1, 0.15) is 0 Å². The summed E-state index contributed by atoms with van der Waals surface area (Å²) in [5, 5.41) is 7.61. The quantitative estimate of drug-likeness (QED) is 0.657. The molecule has 2 aromatic carbocycles. The molecule has 4 rings (SSSR count). The Balaban J connectivity index is 0.000000330. The zero-order chi connectivity index (χ0) is 22.1. The van der Waals surface area contributed by atoms with Gasteiger partial charge in [-0.3, -0.25) is 10.6 Å². The van der Waals surface area contributed by atoms with E-state index >= 15 is 0 Å². The molecule has 0 bridgehead atoms. The predicted molar refractivity (Wildman–Crippen MR) is 129 cm³/mol. The molecule has 0 aromatic heterocycles. The average molecular weight is 460 g/mol. The molecule has 2 N–H and O–H groups in total. The third kappa shape index (κ3) is 7.30. The van der Waals surface area contributed by atoms with Gasteiger partial charge in [0.25, 0.3) is 0 Å². The summed E-state index contributed by atoms with van der Waals surface area (Å²) in [6.07, 6.45) is 5.49. The Kier molecular flexibility index (Phi) is 8.87. The molecule has 0 atom stereocenters. The van der Waals surface area contributed by atoms with Crippen molar-refractivity contribution < 1.29 is 8.42 Å². The van der Waals surface area contributed by atoms with E-state index in [1.807, 2.05) is 30.3 Å². The van der Waals surface area contributed by atoms with E-state index in [9.17, 15) is 8.42 Å². The van der Waals surface area contributed by atoms with Gasteiger partial charge >= 0.3 is 0 Å². The van der Waals surface area contributed by atoms with Crippen LogP contribution in [0.1, 0.15) is 30.1 Å². The van der Waals surface area contributed by atoms with Gasteiger partial charge in [-0.2, -0.15) is 0 Å². The molecule has 0 amide bonds. The van der Waals surface area contributed by atoms with Crippen molar-refractivity contribution in [1.29, 1.82) is 0 Å². The van der Waals surface area contributed by atoms with Crippen molar-refractivity contribution in [3.05, 3.63) is 89.0 Å². The Morgan fingerprint density at radius 2 is 1.61 bits per heavy atom. The Hall–Kier alpha value is -1.96. The van der Waals surface area contributed by atoms with Crippen LogP contribution in [0, 0.1) is 0 Å². The average Bonchev–Trinajstić information content (AvgIpc) is 3.31. The molecule has 5 nitrogen and oxygen atoms in total. The molecular formula is C24H30ClN3O2S. The fourth-order valence-corrected chi connectivity index (χ4v) is 5.02. The van der Waals surface area contributed by atoms with Gasteiger partial charge in [0, 0.05) is 31.2 Å². The van der Waals surface area contributed by atoms with Gasteiger partial charge in [0.2, 0.25) is 10.0 Å². The van der Waals surface area contributed by atoms with E-state index in [4.69, 9.17) is 11.6 Å². The maximum absolute atomic E-state index is 12.0. The summed E-state index contributed by atoms with van der Waals surface area (Å²) in [5.74, 6) is 0.0246. The molecule has 166 valence electrons. The van der Waals surface area contributed by atoms with E-state index in [-0.39, 0.29) is 11.9 Å². The van der Waals surface area contributed by atoms with Crippen LogP contribution in [0.2, 0.25) is 5.02 Å². The van der Waals surface area contributed by atoms with E-state index in [0.29, 0.717) is 13.1 Å². The largest absolute Gasteiger partial charge is 0.297 e. The maximum Gasteiger partial charge on any atom is 0.217 e. The summed E-state index contributed by atoms with van der Waals surface area (Å²) >= 11 is 5.54. The summed E-state index contributed by atoms with van der Waals surface area (Å²) in [5.41, 5.74) is 3.74. The van der Waals surface area contributed by atoms with Gasteiger partial charge in [-0.25, -0.2) is 12.7 Å². The van der Waals surface area contributed by atoms with Crippen LogP contribution in [0.4, 0.5) is 0 Å². The molecule has 0 aliphatic carbocycles. The zero-order valence-electron chi connectivity index (χ0n) is 17.6. The summed E-state index contributed by atoms with van der Waals surface area (Å²) in [4.78, 5) is 0. The number of piperidine rings is 1. The minimum absolute atomic E-state index is 0.0246. The highest BCUT2D eigenvalue weighted by Gasteiger charge is 2.24. The minimum Gasteiger partial charge on any atom is -0.297 e. The lowest BCUT2D eigenvalue weighted by atomic mass is 10.0. The van der Waals surface area contributed by atoms with Crippen molar-refractivity contribution in [2.45, 2.75) is 19.0 Å². The molecule has 0 spiro atoms. The second-order valence-electron chi connectivity index (χ2n) is 7.57. The molecule has 0 saturated carbocycles. The van der Waals surface area contributed by atoms with Gasteiger partial charge < -0.3 is 0 Å². The summed E-state index contributed by atoms with van der Waals surface area (Å²) < 4.78 is 25.7. The Morgan fingerprint density at radius 1 is 1.00 bits per heavy atom. The summed E-state index contributed by atoms with van der Waals surface area (Å²) in [6.45, 7) is 6.66. The molecule has 2 aliphatic heterocycles. The first kappa shape index (κ1) is 23.7. The third-order valence-corrected chi connectivity index (χ3v) is 7.34. The lowest BCUT2D eigenvalue weighted by molar-refractivity contribution is 0.389. The first-order valence-electron chi connectivity index (χ1n) is 10.5. The van der Waals surface area contributed by atoms with Gasteiger partial charge in [0.05, 0.1) is 11.9 Å². The van der Waals surface area contributed by atoms with E-state index in [2.05, 4.69) is 47.6 Å². The second kappa shape index (κ2) is 11.6. The molecule has 31 heavy (non-hydrogen) atoms. The normalized spacial score (nSPS) is 17.6. The van der Waals surface area contributed by atoms with E-state index in [1.54, 1.807) is 4.31 Å². The van der Waals surface area contributed by atoms with Gasteiger partial charge in [-0.05, 0) is 36.1 Å².